The molecule has 0 aromatic rings. The van der Waals surface area contributed by atoms with Crippen molar-refractivity contribution in [2.45, 2.75) is 361 Å². The lowest BCUT2D eigenvalue weighted by molar-refractivity contribution is -0.166. The predicted molar refractivity (Wildman–Crippen MR) is 325 cm³/mol. The standard InChI is InChI=1S/C69H126O6/c1-4-7-10-13-16-19-22-25-27-29-31-32-33-34-35-36-37-38-40-41-44-47-50-53-56-59-62-68(71)74-65-66(64-73-67(70)61-58-55-52-49-46-43-24-21-18-15-12-9-6-3)75-69(72)63-60-57-54-51-48-45-42-39-30-28-26-23-20-17-14-11-8-5-2/h9,12,18,21,43,46,52,55,66H,4-8,10-11,13-17,19-20,22-42,44-45,47-51,53-54,56-65H2,1-3H3/b12-9-,21-18-,46-43-,55-52-. The van der Waals surface area contributed by atoms with E-state index < -0.39 is 6.10 Å². The monoisotopic (exact) mass is 1050 g/mol. The Bertz CT molecular complexity index is 1300. The Morgan fingerprint density at radius 3 is 0.813 bits per heavy atom. The van der Waals surface area contributed by atoms with Crippen molar-refractivity contribution >= 4 is 17.9 Å². The molecule has 0 saturated carbocycles. The van der Waals surface area contributed by atoms with E-state index >= 15 is 0 Å². The first-order chi connectivity index (χ1) is 37.0. The number of unbranched alkanes of at least 4 members (excludes halogenated alkanes) is 42. The van der Waals surface area contributed by atoms with E-state index in [1.807, 2.05) is 6.08 Å². The van der Waals surface area contributed by atoms with Crippen LogP contribution in [0.4, 0.5) is 0 Å². The molecular formula is C69H126O6. The minimum Gasteiger partial charge on any atom is -0.462 e. The van der Waals surface area contributed by atoms with E-state index in [2.05, 4.69) is 63.3 Å². The van der Waals surface area contributed by atoms with Gasteiger partial charge in [0.25, 0.3) is 0 Å². The fourth-order valence-corrected chi connectivity index (χ4v) is 9.93. The third-order valence-corrected chi connectivity index (χ3v) is 14.9. The fourth-order valence-electron chi connectivity index (χ4n) is 9.93. The van der Waals surface area contributed by atoms with Crippen LogP contribution < -0.4 is 0 Å². The van der Waals surface area contributed by atoms with E-state index in [0.717, 1.165) is 64.2 Å². The lowest BCUT2D eigenvalue weighted by Gasteiger charge is -2.18. The maximum absolute atomic E-state index is 12.9. The summed E-state index contributed by atoms with van der Waals surface area (Å²) < 4.78 is 16.9. The molecule has 0 saturated heterocycles. The van der Waals surface area contributed by atoms with Gasteiger partial charge in [-0.05, 0) is 44.9 Å². The molecule has 0 bridgehead atoms. The topological polar surface area (TPSA) is 78.9 Å². The summed E-state index contributed by atoms with van der Waals surface area (Å²) >= 11 is 0. The van der Waals surface area contributed by atoms with Crippen molar-refractivity contribution in [3.8, 4) is 0 Å². The number of ether oxygens (including phenoxy) is 3. The zero-order valence-corrected chi connectivity index (χ0v) is 50.3. The normalized spacial score (nSPS) is 12.3. The number of carbonyl (C=O) groups is 3. The average molecular weight is 1050 g/mol. The summed E-state index contributed by atoms with van der Waals surface area (Å²) in [6.07, 6.45) is 80.1. The number of esters is 3. The van der Waals surface area contributed by atoms with Crippen LogP contribution >= 0.6 is 0 Å². The van der Waals surface area contributed by atoms with Gasteiger partial charge in [-0.2, -0.15) is 0 Å². The van der Waals surface area contributed by atoms with Gasteiger partial charge in [0.05, 0.1) is 0 Å². The number of hydrogen-bond acceptors (Lipinski definition) is 6. The van der Waals surface area contributed by atoms with Crippen molar-refractivity contribution in [2.24, 2.45) is 0 Å². The zero-order chi connectivity index (χ0) is 54.3. The molecule has 0 aliphatic carbocycles. The van der Waals surface area contributed by atoms with Gasteiger partial charge < -0.3 is 14.2 Å². The summed E-state index contributed by atoms with van der Waals surface area (Å²) in [5.74, 6) is -0.952. The SMILES string of the molecule is CC/C=C\C/C=C\C/C=C\C/C=C\CCC(=O)OCC(COC(=O)CCCCCCCCCCCCCCCCCCCCCCCCCCCC)OC(=O)CCCCCCCCCCCCCCCCCCCC. The molecule has 1 atom stereocenters. The molecule has 0 amide bonds. The summed E-state index contributed by atoms with van der Waals surface area (Å²) in [7, 11) is 0. The Labute approximate surface area is 467 Å². The van der Waals surface area contributed by atoms with Gasteiger partial charge in [-0.25, -0.2) is 0 Å². The fraction of sp³-hybridized carbons (Fsp3) is 0.841. The molecule has 0 aliphatic rings. The van der Waals surface area contributed by atoms with Crippen LogP contribution in [0.25, 0.3) is 0 Å². The van der Waals surface area contributed by atoms with Gasteiger partial charge in [-0.1, -0.05) is 339 Å². The van der Waals surface area contributed by atoms with Gasteiger partial charge in [0, 0.05) is 19.3 Å². The quantitative estimate of drug-likeness (QED) is 0.0261. The average Bonchev–Trinajstić information content (AvgIpc) is 3.41. The highest BCUT2D eigenvalue weighted by molar-refractivity contribution is 5.71. The Kier molecular flexibility index (Phi) is 61.7. The predicted octanol–water partition coefficient (Wildman–Crippen LogP) is 22.6. The van der Waals surface area contributed by atoms with Gasteiger partial charge in [-0.3, -0.25) is 14.4 Å². The molecule has 1 unspecified atom stereocenters. The van der Waals surface area contributed by atoms with Crippen LogP contribution in [-0.2, 0) is 28.6 Å². The maximum atomic E-state index is 12.9. The summed E-state index contributed by atoms with van der Waals surface area (Å²) in [4.78, 5) is 38.2. The van der Waals surface area contributed by atoms with Crippen LogP contribution in [0.15, 0.2) is 48.6 Å². The second-order valence-electron chi connectivity index (χ2n) is 22.4. The molecule has 6 heteroatoms. The molecule has 0 rings (SSSR count). The highest BCUT2D eigenvalue weighted by Gasteiger charge is 2.19. The molecule has 0 N–H and O–H groups in total. The van der Waals surface area contributed by atoms with Crippen LogP contribution in [-0.4, -0.2) is 37.2 Å². The Balaban J connectivity index is 4.24. The van der Waals surface area contributed by atoms with Crippen LogP contribution in [0.2, 0.25) is 0 Å². The van der Waals surface area contributed by atoms with Gasteiger partial charge in [0.1, 0.15) is 13.2 Å². The van der Waals surface area contributed by atoms with E-state index in [-0.39, 0.29) is 37.5 Å². The Hall–Kier alpha value is -2.63. The lowest BCUT2D eigenvalue weighted by atomic mass is 10.0. The molecule has 0 spiro atoms. The molecule has 6 nitrogen and oxygen atoms in total. The first-order valence-electron chi connectivity index (χ1n) is 33.1. The van der Waals surface area contributed by atoms with Crippen molar-refractivity contribution in [2.75, 3.05) is 13.2 Å². The van der Waals surface area contributed by atoms with Crippen molar-refractivity contribution in [3.63, 3.8) is 0 Å². The number of allylic oxidation sites excluding steroid dienone is 8. The van der Waals surface area contributed by atoms with Crippen molar-refractivity contribution in [1.82, 2.24) is 0 Å². The smallest absolute Gasteiger partial charge is 0.306 e. The molecule has 438 valence electrons. The van der Waals surface area contributed by atoms with E-state index in [0.29, 0.717) is 19.3 Å². The molecule has 0 aromatic carbocycles. The molecule has 75 heavy (non-hydrogen) atoms. The van der Waals surface area contributed by atoms with E-state index in [9.17, 15) is 14.4 Å². The Morgan fingerprint density at radius 1 is 0.280 bits per heavy atom. The molecule has 0 fully saturated rings. The summed E-state index contributed by atoms with van der Waals surface area (Å²) in [5, 5.41) is 0. The van der Waals surface area contributed by atoms with Crippen LogP contribution in [0.5, 0.6) is 0 Å². The van der Waals surface area contributed by atoms with Gasteiger partial charge in [0.15, 0.2) is 6.10 Å². The highest BCUT2D eigenvalue weighted by atomic mass is 16.6. The zero-order valence-electron chi connectivity index (χ0n) is 50.3. The van der Waals surface area contributed by atoms with Crippen molar-refractivity contribution in [1.29, 1.82) is 0 Å². The summed E-state index contributed by atoms with van der Waals surface area (Å²) in [6.45, 7) is 6.53. The molecule has 0 radical (unpaired) electrons. The summed E-state index contributed by atoms with van der Waals surface area (Å²) in [5.41, 5.74) is 0. The lowest BCUT2D eigenvalue weighted by Crippen LogP contribution is -2.30. The third kappa shape index (κ3) is 62.1. The van der Waals surface area contributed by atoms with E-state index in [4.69, 9.17) is 14.2 Å². The van der Waals surface area contributed by atoms with Gasteiger partial charge in [0.2, 0.25) is 0 Å². The molecule has 0 aliphatic heterocycles. The van der Waals surface area contributed by atoms with Crippen molar-refractivity contribution < 1.29 is 28.6 Å². The number of hydrogen-bond donors (Lipinski definition) is 0. The van der Waals surface area contributed by atoms with Crippen LogP contribution in [0.1, 0.15) is 355 Å². The van der Waals surface area contributed by atoms with Crippen LogP contribution in [0.3, 0.4) is 0 Å². The molecule has 0 heterocycles. The number of carbonyl (C=O) groups excluding carboxylic acids is 3. The van der Waals surface area contributed by atoms with E-state index in [1.165, 1.54) is 244 Å². The summed E-state index contributed by atoms with van der Waals surface area (Å²) in [6, 6.07) is 0. The highest BCUT2D eigenvalue weighted by Crippen LogP contribution is 2.18. The molecular weight excluding hydrogens is 925 g/mol. The van der Waals surface area contributed by atoms with Crippen molar-refractivity contribution in [3.05, 3.63) is 48.6 Å². The van der Waals surface area contributed by atoms with Gasteiger partial charge in [-0.15, -0.1) is 0 Å². The second-order valence-corrected chi connectivity index (χ2v) is 22.4. The number of rotatable bonds is 61. The van der Waals surface area contributed by atoms with E-state index in [1.54, 1.807) is 0 Å². The Morgan fingerprint density at radius 2 is 0.520 bits per heavy atom. The van der Waals surface area contributed by atoms with Gasteiger partial charge >= 0.3 is 17.9 Å². The minimum atomic E-state index is -0.799. The first kappa shape index (κ1) is 72.4. The maximum Gasteiger partial charge on any atom is 0.306 e. The molecule has 0 aromatic heterocycles. The largest absolute Gasteiger partial charge is 0.462 e. The minimum absolute atomic E-state index is 0.0900. The third-order valence-electron chi connectivity index (χ3n) is 14.9. The second kappa shape index (κ2) is 63.9. The van der Waals surface area contributed by atoms with Crippen LogP contribution in [0, 0.1) is 0 Å². The first-order valence-corrected chi connectivity index (χ1v) is 33.1.